The predicted molar refractivity (Wildman–Crippen MR) is 76.4 cm³/mol. The molecule has 0 bridgehead atoms. The lowest BCUT2D eigenvalue weighted by molar-refractivity contribution is 0.0602. The summed E-state index contributed by atoms with van der Waals surface area (Å²) < 4.78 is 31.4. The van der Waals surface area contributed by atoms with Crippen molar-refractivity contribution in [2.75, 3.05) is 13.7 Å². The van der Waals surface area contributed by atoms with Crippen molar-refractivity contribution in [1.29, 1.82) is 0 Å². The number of aliphatic hydroxyl groups excluding tert-OH is 1. The number of methoxy groups -OCH3 is 1. The molecule has 0 spiro atoms. The molecule has 2 N–H and O–H groups in total. The number of aryl methyl sites for hydroxylation is 1. The lowest BCUT2D eigenvalue weighted by Gasteiger charge is -2.15. The smallest absolute Gasteiger partial charge is 0.349 e. The Balaban J connectivity index is 3.04. The average Bonchev–Trinajstić information content (AvgIpc) is 2.77. The molecule has 0 fully saturated rings. The van der Waals surface area contributed by atoms with Gasteiger partial charge in [0.25, 0.3) is 0 Å². The van der Waals surface area contributed by atoms with Gasteiger partial charge in [0, 0.05) is 6.54 Å². The summed E-state index contributed by atoms with van der Waals surface area (Å²) in [5, 5.41) is 11.2. The lowest BCUT2D eigenvalue weighted by atomic mass is 10.1. The summed E-state index contributed by atoms with van der Waals surface area (Å²) in [6.45, 7) is 5.08. The highest BCUT2D eigenvalue weighted by atomic mass is 32.2. The van der Waals surface area contributed by atoms with Gasteiger partial charge in [0.1, 0.15) is 9.77 Å². The maximum absolute atomic E-state index is 12.3. The molecule has 1 unspecified atom stereocenters. The molecule has 1 aromatic heterocycles. The number of thiophene rings is 1. The molecule has 0 aliphatic heterocycles. The molecule has 1 aromatic rings. The van der Waals surface area contributed by atoms with Crippen LogP contribution in [0.25, 0.3) is 0 Å². The van der Waals surface area contributed by atoms with Crippen LogP contribution in [0.2, 0.25) is 0 Å². The first kappa shape index (κ1) is 17.1. The molecular weight excluding hydrogens is 302 g/mol. The van der Waals surface area contributed by atoms with Gasteiger partial charge < -0.3 is 9.84 Å². The van der Waals surface area contributed by atoms with Crippen molar-refractivity contribution in [3.63, 3.8) is 0 Å². The monoisotopic (exact) mass is 321 g/mol. The molecule has 8 heteroatoms. The van der Waals surface area contributed by atoms with Crippen molar-refractivity contribution >= 4 is 27.3 Å². The molecule has 0 amide bonds. The molecular formula is C12H19NO5S2. The zero-order valence-corrected chi connectivity index (χ0v) is 13.5. The molecule has 20 heavy (non-hydrogen) atoms. The van der Waals surface area contributed by atoms with E-state index in [9.17, 15) is 18.3 Å². The van der Waals surface area contributed by atoms with E-state index in [1.54, 1.807) is 26.2 Å². The minimum absolute atomic E-state index is 0.0385. The maximum atomic E-state index is 12.3. The van der Waals surface area contributed by atoms with Crippen LogP contribution in [0, 0.1) is 12.8 Å². The maximum Gasteiger partial charge on any atom is 0.349 e. The minimum atomic E-state index is -3.86. The van der Waals surface area contributed by atoms with Crippen molar-refractivity contribution in [2.24, 2.45) is 5.92 Å². The normalized spacial score (nSPS) is 13.5. The topological polar surface area (TPSA) is 92.7 Å². The Hall–Kier alpha value is -0.960. The van der Waals surface area contributed by atoms with E-state index in [-0.39, 0.29) is 22.2 Å². The summed E-state index contributed by atoms with van der Waals surface area (Å²) in [5.41, 5.74) is 0.474. The predicted octanol–water partition coefficient (Wildman–Crippen LogP) is 1.14. The number of rotatable bonds is 6. The van der Waals surface area contributed by atoms with Crippen molar-refractivity contribution in [1.82, 2.24) is 4.72 Å². The van der Waals surface area contributed by atoms with E-state index in [4.69, 9.17) is 0 Å². The molecule has 0 aliphatic carbocycles. The van der Waals surface area contributed by atoms with E-state index in [0.29, 0.717) is 5.56 Å². The summed E-state index contributed by atoms with van der Waals surface area (Å²) in [5.74, 6) is -0.755. The van der Waals surface area contributed by atoms with Gasteiger partial charge in [0.05, 0.1) is 13.2 Å². The van der Waals surface area contributed by atoms with Crippen molar-refractivity contribution in [3.8, 4) is 0 Å². The molecule has 0 aromatic carbocycles. The number of aliphatic hydroxyl groups is 1. The first-order chi connectivity index (χ1) is 9.20. The molecule has 0 saturated carbocycles. The van der Waals surface area contributed by atoms with E-state index in [1.165, 1.54) is 7.11 Å². The van der Waals surface area contributed by atoms with Gasteiger partial charge in [-0.3, -0.25) is 0 Å². The van der Waals surface area contributed by atoms with Crippen LogP contribution >= 0.6 is 11.3 Å². The zero-order valence-electron chi connectivity index (χ0n) is 11.8. The molecule has 1 atom stereocenters. The Bertz CT molecular complexity index is 577. The Morgan fingerprint density at radius 1 is 1.50 bits per heavy atom. The second-order valence-corrected chi connectivity index (χ2v) is 7.32. The zero-order chi connectivity index (χ0) is 15.5. The lowest BCUT2D eigenvalue weighted by Crippen LogP contribution is -2.35. The van der Waals surface area contributed by atoms with Crippen LogP contribution in [0.5, 0.6) is 0 Å². The van der Waals surface area contributed by atoms with E-state index >= 15 is 0 Å². The quantitative estimate of drug-likeness (QED) is 0.767. The fourth-order valence-electron chi connectivity index (χ4n) is 1.50. The second kappa shape index (κ2) is 6.66. The Morgan fingerprint density at radius 2 is 2.10 bits per heavy atom. The van der Waals surface area contributed by atoms with Crippen molar-refractivity contribution in [2.45, 2.75) is 31.8 Å². The van der Waals surface area contributed by atoms with Gasteiger partial charge in [0.15, 0.2) is 0 Å². The molecule has 1 rings (SSSR count). The fourth-order valence-corrected chi connectivity index (χ4v) is 4.26. The summed E-state index contributed by atoms with van der Waals surface area (Å²) >= 11 is 1.02. The highest BCUT2D eigenvalue weighted by Crippen LogP contribution is 2.27. The fraction of sp³-hybridized carbons (Fsp3) is 0.583. The van der Waals surface area contributed by atoms with Gasteiger partial charge >= 0.3 is 5.97 Å². The second-order valence-electron chi connectivity index (χ2n) is 4.73. The Kier molecular flexibility index (Phi) is 5.69. The van der Waals surface area contributed by atoms with Gasteiger partial charge in [0.2, 0.25) is 10.0 Å². The van der Waals surface area contributed by atoms with Gasteiger partial charge in [-0.2, -0.15) is 0 Å². The van der Waals surface area contributed by atoms with Crippen LogP contribution in [-0.4, -0.2) is 39.3 Å². The molecule has 0 saturated heterocycles. The highest BCUT2D eigenvalue weighted by molar-refractivity contribution is 7.89. The van der Waals surface area contributed by atoms with Gasteiger partial charge in [-0.15, -0.1) is 11.3 Å². The minimum Gasteiger partial charge on any atom is -0.465 e. The van der Waals surface area contributed by atoms with E-state index in [1.807, 2.05) is 0 Å². The van der Waals surface area contributed by atoms with Crippen molar-refractivity contribution in [3.05, 3.63) is 15.8 Å². The molecule has 0 radical (unpaired) electrons. The number of ether oxygens (including phenoxy) is 1. The number of sulfonamides is 1. The van der Waals surface area contributed by atoms with Crippen LogP contribution in [-0.2, 0) is 14.8 Å². The van der Waals surface area contributed by atoms with E-state index in [2.05, 4.69) is 9.46 Å². The summed E-state index contributed by atoms with van der Waals surface area (Å²) in [6.07, 6.45) is -0.787. The van der Waals surface area contributed by atoms with Gasteiger partial charge in [-0.25, -0.2) is 17.9 Å². The van der Waals surface area contributed by atoms with E-state index in [0.717, 1.165) is 11.3 Å². The SMILES string of the molecule is COC(=O)c1scc(C)c1S(=O)(=O)NCC(O)C(C)C. The highest BCUT2D eigenvalue weighted by Gasteiger charge is 2.28. The summed E-state index contributed by atoms with van der Waals surface area (Å²) in [4.78, 5) is 11.5. The van der Waals surface area contributed by atoms with Crippen LogP contribution in [0.1, 0.15) is 29.1 Å². The number of esters is 1. The van der Waals surface area contributed by atoms with Crippen LogP contribution in [0.15, 0.2) is 10.3 Å². The average molecular weight is 321 g/mol. The van der Waals surface area contributed by atoms with Crippen LogP contribution in [0.3, 0.4) is 0 Å². The van der Waals surface area contributed by atoms with Crippen LogP contribution in [0.4, 0.5) is 0 Å². The Morgan fingerprint density at radius 3 is 2.60 bits per heavy atom. The molecule has 1 heterocycles. The third-order valence-corrected chi connectivity index (χ3v) is 5.63. The summed E-state index contributed by atoms with van der Waals surface area (Å²) in [6, 6.07) is 0. The first-order valence-electron chi connectivity index (χ1n) is 6.04. The van der Waals surface area contributed by atoms with Gasteiger partial charge in [-0.1, -0.05) is 13.8 Å². The number of hydrogen-bond donors (Lipinski definition) is 2. The van der Waals surface area contributed by atoms with Gasteiger partial charge in [-0.05, 0) is 23.8 Å². The summed E-state index contributed by atoms with van der Waals surface area (Å²) in [7, 11) is -2.66. The number of hydrogen-bond acceptors (Lipinski definition) is 6. The molecule has 114 valence electrons. The third kappa shape index (κ3) is 3.78. The van der Waals surface area contributed by atoms with E-state index < -0.39 is 22.1 Å². The largest absolute Gasteiger partial charge is 0.465 e. The first-order valence-corrected chi connectivity index (χ1v) is 8.41. The third-order valence-electron chi connectivity index (χ3n) is 2.81. The van der Waals surface area contributed by atoms with Crippen molar-refractivity contribution < 1.29 is 23.1 Å². The number of nitrogens with one attached hydrogen (secondary N) is 1. The Labute approximate surface area is 122 Å². The number of carbonyl (C=O) groups excluding carboxylic acids is 1. The standard InChI is InChI=1S/C12H19NO5S2/c1-7(2)9(14)5-13-20(16,17)11-8(3)6-19-10(11)12(15)18-4/h6-7,9,13-14H,5H2,1-4H3. The van der Waals surface area contributed by atoms with Crippen LogP contribution < -0.4 is 4.72 Å². The molecule has 6 nitrogen and oxygen atoms in total. The molecule has 0 aliphatic rings. The number of carbonyl (C=O) groups is 1.